The third-order valence-corrected chi connectivity index (χ3v) is 4.26. The molecular formula is C15H30N2O. The lowest BCUT2D eigenvalue weighted by atomic mass is 9.91. The summed E-state index contributed by atoms with van der Waals surface area (Å²) in [6.45, 7) is 7.42. The zero-order chi connectivity index (χ0) is 13.5. The summed E-state index contributed by atoms with van der Waals surface area (Å²) < 4.78 is 0. The van der Waals surface area contributed by atoms with Gasteiger partial charge in [-0.2, -0.15) is 0 Å². The van der Waals surface area contributed by atoms with Crippen LogP contribution in [0.2, 0.25) is 0 Å². The zero-order valence-electron chi connectivity index (χ0n) is 12.6. The Morgan fingerprint density at radius 2 is 2.00 bits per heavy atom. The maximum atomic E-state index is 12.4. The predicted octanol–water partition coefficient (Wildman–Crippen LogP) is 2.41. The van der Waals surface area contributed by atoms with Gasteiger partial charge in [0.25, 0.3) is 0 Å². The fraction of sp³-hybridized carbons (Fsp3) is 0.933. The van der Waals surface area contributed by atoms with Crippen LogP contribution >= 0.6 is 0 Å². The van der Waals surface area contributed by atoms with Gasteiger partial charge in [0, 0.05) is 26.1 Å². The Morgan fingerprint density at radius 1 is 1.28 bits per heavy atom. The number of rotatable bonds is 7. The third kappa shape index (κ3) is 4.69. The van der Waals surface area contributed by atoms with Gasteiger partial charge in [-0.05, 0) is 20.0 Å². The second-order valence-electron chi connectivity index (χ2n) is 5.85. The van der Waals surface area contributed by atoms with E-state index in [-0.39, 0.29) is 6.04 Å². The third-order valence-electron chi connectivity index (χ3n) is 4.26. The molecular weight excluding hydrogens is 224 g/mol. The van der Waals surface area contributed by atoms with Crippen molar-refractivity contribution >= 4 is 5.78 Å². The van der Waals surface area contributed by atoms with Crippen molar-refractivity contribution in [3.05, 3.63) is 0 Å². The Labute approximate surface area is 113 Å². The van der Waals surface area contributed by atoms with E-state index < -0.39 is 0 Å². The highest BCUT2D eigenvalue weighted by molar-refractivity contribution is 5.84. The van der Waals surface area contributed by atoms with Crippen molar-refractivity contribution in [2.24, 2.45) is 5.92 Å². The molecule has 0 aromatic rings. The van der Waals surface area contributed by atoms with Crippen LogP contribution in [0.3, 0.4) is 0 Å². The largest absolute Gasteiger partial charge is 0.303 e. The minimum Gasteiger partial charge on any atom is -0.303 e. The quantitative estimate of drug-likeness (QED) is 0.697. The second-order valence-corrected chi connectivity index (χ2v) is 5.85. The van der Waals surface area contributed by atoms with E-state index in [0.29, 0.717) is 11.7 Å². The summed E-state index contributed by atoms with van der Waals surface area (Å²) in [6, 6.07) is 0.124. The molecule has 2 unspecified atom stereocenters. The molecule has 1 saturated heterocycles. The summed E-state index contributed by atoms with van der Waals surface area (Å²) in [7, 11) is 4.20. The van der Waals surface area contributed by atoms with Crippen molar-refractivity contribution < 1.29 is 4.79 Å². The molecule has 3 heteroatoms. The highest BCUT2D eigenvalue weighted by atomic mass is 16.1. The molecule has 0 N–H and O–H groups in total. The van der Waals surface area contributed by atoms with E-state index in [1.807, 2.05) is 0 Å². The summed E-state index contributed by atoms with van der Waals surface area (Å²) in [4.78, 5) is 16.9. The van der Waals surface area contributed by atoms with E-state index in [2.05, 4.69) is 37.7 Å². The summed E-state index contributed by atoms with van der Waals surface area (Å²) >= 11 is 0. The minimum atomic E-state index is 0.124. The zero-order valence-corrected chi connectivity index (χ0v) is 12.6. The molecule has 0 aliphatic carbocycles. The first kappa shape index (κ1) is 15.6. The minimum absolute atomic E-state index is 0.124. The highest BCUT2D eigenvalue weighted by Gasteiger charge is 2.29. The highest BCUT2D eigenvalue weighted by Crippen LogP contribution is 2.19. The Morgan fingerprint density at radius 3 is 2.61 bits per heavy atom. The lowest BCUT2D eigenvalue weighted by Crippen LogP contribution is -2.53. The monoisotopic (exact) mass is 254 g/mol. The Kier molecular flexibility index (Phi) is 6.87. The van der Waals surface area contributed by atoms with Crippen LogP contribution in [0.25, 0.3) is 0 Å². The van der Waals surface area contributed by atoms with Crippen LogP contribution < -0.4 is 0 Å². The number of Topliss-reactive ketones (excluding diaryl/α,β-unsaturated/α-hetero) is 1. The summed E-state index contributed by atoms with van der Waals surface area (Å²) in [5.74, 6) is 1.05. The number of unbranched alkanes of at least 4 members (excludes halogenated alkanes) is 1. The summed E-state index contributed by atoms with van der Waals surface area (Å²) in [6.07, 6.45) is 5.62. The number of likely N-dealkylation sites (N-methyl/N-ethyl adjacent to an activating group) is 2. The Balaban J connectivity index is 2.46. The number of nitrogens with zero attached hydrogens (tertiary/aromatic N) is 2. The van der Waals surface area contributed by atoms with Gasteiger partial charge in [0.05, 0.1) is 6.04 Å². The first-order chi connectivity index (χ1) is 8.58. The van der Waals surface area contributed by atoms with Gasteiger partial charge in [0.1, 0.15) is 0 Å². The number of hydrogen-bond donors (Lipinski definition) is 0. The Hall–Kier alpha value is -0.410. The van der Waals surface area contributed by atoms with Crippen LogP contribution in [0.15, 0.2) is 0 Å². The average molecular weight is 254 g/mol. The van der Waals surface area contributed by atoms with Crippen LogP contribution in [0.5, 0.6) is 0 Å². The van der Waals surface area contributed by atoms with Gasteiger partial charge in [0.2, 0.25) is 0 Å². The van der Waals surface area contributed by atoms with E-state index >= 15 is 0 Å². The van der Waals surface area contributed by atoms with Crippen molar-refractivity contribution in [2.75, 3.05) is 33.7 Å². The number of piperazine rings is 1. The van der Waals surface area contributed by atoms with Crippen LogP contribution in [0, 0.1) is 5.92 Å². The van der Waals surface area contributed by atoms with Gasteiger partial charge in [-0.25, -0.2) is 0 Å². The molecule has 0 amide bonds. The molecule has 1 aliphatic heterocycles. The molecule has 0 radical (unpaired) electrons. The molecule has 0 aromatic carbocycles. The fourth-order valence-electron chi connectivity index (χ4n) is 2.72. The molecule has 3 nitrogen and oxygen atoms in total. The lowest BCUT2D eigenvalue weighted by Gasteiger charge is -2.37. The molecule has 1 aliphatic rings. The topological polar surface area (TPSA) is 23.6 Å². The molecule has 0 bridgehead atoms. The van der Waals surface area contributed by atoms with Crippen molar-refractivity contribution in [1.29, 1.82) is 0 Å². The normalized spacial score (nSPS) is 24.1. The summed E-state index contributed by atoms with van der Waals surface area (Å²) in [5.41, 5.74) is 0. The molecule has 0 spiro atoms. The van der Waals surface area contributed by atoms with Crippen LogP contribution in [-0.2, 0) is 4.79 Å². The molecule has 0 aromatic heterocycles. The molecule has 1 rings (SSSR count). The van der Waals surface area contributed by atoms with Gasteiger partial charge in [-0.15, -0.1) is 0 Å². The molecule has 1 heterocycles. The maximum Gasteiger partial charge on any atom is 0.151 e. The number of ketones is 1. The van der Waals surface area contributed by atoms with Gasteiger partial charge in [0.15, 0.2) is 5.78 Å². The van der Waals surface area contributed by atoms with Gasteiger partial charge in [-0.1, -0.05) is 39.5 Å². The standard InChI is InChI=1S/C15H30N2O/c1-5-7-8-13(6-2)11-15(18)14-12-16(3)9-10-17(14)4/h13-14H,5-12H2,1-4H3. The second kappa shape index (κ2) is 7.90. The van der Waals surface area contributed by atoms with E-state index in [0.717, 1.165) is 32.5 Å². The maximum absolute atomic E-state index is 12.4. The van der Waals surface area contributed by atoms with Crippen LogP contribution in [-0.4, -0.2) is 55.4 Å². The van der Waals surface area contributed by atoms with Crippen LogP contribution in [0.4, 0.5) is 0 Å². The predicted molar refractivity (Wildman–Crippen MR) is 76.8 cm³/mol. The first-order valence-corrected chi connectivity index (χ1v) is 7.49. The van der Waals surface area contributed by atoms with E-state index in [9.17, 15) is 4.79 Å². The lowest BCUT2D eigenvalue weighted by molar-refractivity contribution is -0.126. The van der Waals surface area contributed by atoms with Crippen molar-refractivity contribution in [3.8, 4) is 0 Å². The van der Waals surface area contributed by atoms with Gasteiger partial charge >= 0.3 is 0 Å². The first-order valence-electron chi connectivity index (χ1n) is 7.49. The molecule has 1 fully saturated rings. The molecule has 0 saturated carbocycles. The summed E-state index contributed by atoms with van der Waals surface area (Å²) in [5, 5.41) is 0. The number of hydrogen-bond acceptors (Lipinski definition) is 3. The van der Waals surface area contributed by atoms with Crippen LogP contribution in [0.1, 0.15) is 46.0 Å². The van der Waals surface area contributed by atoms with E-state index in [4.69, 9.17) is 0 Å². The molecule has 106 valence electrons. The fourth-order valence-corrected chi connectivity index (χ4v) is 2.72. The number of carbonyl (C=O) groups is 1. The van der Waals surface area contributed by atoms with E-state index in [1.165, 1.54) is 19.3 Å². The molecule has 18 heavy (non-hydrogen) atoms. The Bertz CT molecular complexity index is 255. The SMILES string of the molecule is CCCCC(CC)CC(=O)C1CN(C)CCN1C. The molecule has 2 atom stereocenters. The van der Waals surface area contributed by atoms with Crippen molar-refractivity contribution in [2.45, 2.75) is 52.0 Å². The van der Waals surface area contributed by atoms with E-state index in [1.54, 1.807) is 0 Å². The number of carbonyl (C=O) groups excluding carboxylic acids is 1. The average Bonchev–Trinajstić information content (AvgIpc) is 2.37. The van der Waals surface area contributed by atoms with Crippen molar-refractivity contribution in [3.63, 3.8) is 0 Å². The van der Waals surface area contributed by atoms with Gasteiger partial charge < -0.3 is 4.90 Å². The van der Waals surface area contributed by atoms with Gasteiger partial charge in [-0.3, -0.25) is 9.69 Å². The van der Waals surface area contributed by atoms with Crippen molar-refractivity contribution in [1.82, 2.24) is 9.80 Å². The smallest absolute Gasteiger partial charge is 0.151 e.